The van der Waals surface area contributed by atoms with Gasteiger partial charge in [-0.1, -0.05) is 0 Å². The van der Waals surface area contributed by atoms with Crippen molar-refractivity contribution in [3.63, 3.8) is 0 Å². The van der Waals surface area contributed by atoms with Crippen molar-refractivity contribution in [2.75, 3.05) is 6.54 Å². The minimum Gasteiger partial charge on any atom is -0.347 e. The standard InChI is InChI=1S/C7H9F6NO/c1-5(2,8)4(15)14-3-6(9,10)7(11,12)13/h3H2,1-2H3,(H,14,15). The Balaban J connectivity index is 4.36. The summed E-state index contributed by atoms with van der Waals surface area (Å²) in [5.41, 5.74) is -2.50. The molecule has 0 saturated carbocycles. The third-order valence-corrected chi connectivity index (χ3v) is 1.43. The molecule has 0 atom stereocenters. The first-order valence-corrected chi connectivity index (χ1v) is 3.80. The lowest BCUT2D eigenvalue weighted by molar-refractivity contribution is -0.278. The molecule has 1 amide bonds. The molecule has 15 heavy (non-hydrogen) atoms. The predicted molar refractivity (Wildman–Crippen MR) is 39.2 cm³/mol. The van der Waals surface area contributed by atoms with E-state index in [2.05, 4.69) is 0 Å². The Kier molecular flexibility index (Phi) is 3.65. The molecule has 0 aromatic heterocycles. The maximum atomic E-state index is 12.7. The number of carbonyl (C=O) groups excluding carboxylic acids is 1. The van der Waals surface area contributed by atoms with Gasteiger partial charge in [0, 0.05) is 0 Å². The summed E-state index contributed by atoms with van der Waals surface area (Å²) in [5, 5.41) is 1.19. The fourth-order valence-corrected chi connectivity index (χ4v) is 0.502. The zero-order chi connectivity index (χ0) is 12.5. The molecule has 0 aliphatic rings. The van der Waals surface area contributed by atoms with E-state index >= 15 is 0 Å². The second kappa shape index (κ2) is 3.90. The quantitative estimate of drug-likeness (QED) is 0.748. The Morgan fingerprint density at radius 2 is 1.47 bits per heavy atom. The third-order valence-electron chi connectivity index (χ3n) is 1.43. The van der Waals surface area contributed by atoms with Gasteiger partial charge in [0.25, 0.3) is 5.91 Å². The Morgan fingerprint density at radius 3 is 1.73 bits per heavy atom. The number of halogens is 6. The van der Waals surface area contributed by atoms with E-state index in [1.54, 1.807) is 0 Å². The van der Waals surface area contributed by atoms with E-state index in [1.165, 1.54) is 5.32 Å². The summed E-state index contributed by atoms with van der Waals surface area (Å²) in [4.78, 5) is 10.7. The van der Waals surface area contributed by atoms with Crippen LogP contribution in [0.5, 0.6) is 0 Å². The zero-order valence-corrected chi connectivity index (χ0v) is 7.88. The van der Waals surface area contributed by atoms with Gasteiger partial charge in [0.05, 0.1) is 6.54 Å². The molecule has 0 rings (SSSR count). The van der Waals surface area contributed by atoms with Gasteiger partial charge in [0.15, 0.2) is 5.67 Å². The first-order chi connectivity index (χ1) is 6.38. The lowest BCUT2D eigenvalue weighted by Gasteiger charge is -2.21. The largest absolute Gasteiger partial charge is 0.455 e. The van der Waals surface area contributed by atoms with Crippen LogP contribution >= 0.6 is 0 Å². The number of nitrogens with one attached hydrogen (secondary N) is 1. The highest BCUT2D eigenvalue weighted by Gasteiger charge is 2.57. The molecule has 0 spiro atoms. The van der Waals surface area contributed by atoms with Gasteiger partial charge in [0.1, 0.15) is 0 Å². The minimum atomic E-state index is -5.76. The average molecular weight is 237 g/mol. The van der Waals surface area contributed by atoms with E-state index in [4.69, 9.17) is 0 Å². The molecule has 0 aliphatic carbocycles. The Morgan fingerprint density at radius 1 is 1.07 bits per heavy atom. The fraction of sp³-hybridized carbons (Fsp3) is 0.857. The number of carbonyl (C=O) groups is 1. The SMILES string of the molecule is CC(C)(F)C(=O)NCC(F)(F)C(F)(F)F. The van der Waals surface area contributed by atoms with Crippen LogP contribution in [-0.2, 0) is 4.79 Å². The molecule has 0 radical (unpaired) electrons. The first kappa shape index (κ1) is 14.0. The molecule has 8 heteroatoms. The molecule has 0 heterocycles. The van der Waals surface area contributed by atoms with Crippen molar-refractivity contribution >= 4 is 5.91 Å². The number of hydrogen-bond donors (Lipinski definition) is 1. The van der Waals surface area contributed by atoms with Gasteiger partial charge in [-0.25, -0.2) is 4.39 Å². The van der Waals surface area contributed by atoms with Crippen molar-refractivity contribution in [3.8, 4) is 0 Å². The maximum absolute atomic E-state index is 12.7. The highest BCUT2D eigenvalue weighted by atomic mass is 19.4. The van der Waals surface area contributed by atoms with Crippen molar-refractivity contribution in [3.05, 3.63) is 0 Å². The van der Waals surface area contributed by atoms with Crippen LogP contribution < -0.4 is 5.32 Å². The van der Waals surface area contributed by atoms with Crippen LogP contribution in [-0.4, -0.2) is 30.2 Å². The van der Waals surface area contributed by atoms with E-state index in [1.807, 2.05) is 0 Å². The molecular weight excluding hydrogens is 228 g/mol. The van der Waals surface area contributed by atoms with Crippen LogP contribution in [0.4, 0.5) is 26.3 Å². The van der Waals surface area contributed by atoms with Crippen molar-refractivity contribution in [2.24, 2.45) is 0 Å². The number of amides is 1. The molecular formula is C7H9F6NO. The molecule has 0 aromatic carbocycles. The van der Waals surface area contributed by atoms with Gasteiger partial charge in [0.2, 0.25) is 0 Å². The number of hydrogen-bond acceptors (Lipinski definition) is 1. The van der Waals surface area contributed by atoms with Crippen molar-refractivity contribution in [1.29, 1.82) is 0 Å². The topological polar surface area (TPSA) is 29.1 Å². The molecule has 2 nitrogen and oxygen atoms in total. The molecule has 0 fully saturated rings. The molecule has 90 valence electrons. The second-order valence-electron chi connectivity index (χ2n) is 3.36. The summed E-state index contributed by atoms with van der Waals surface area (Å²) in [7, 11) is 0. The highest BCUT2D eigenvalue weighted by Crippen LogP contribution is 2.34. The lowest BCUT2D eigenvalue weighted by Crippen LogP contribution is -2.50. The monoisotopic (exact) mass is 237 g/mol. The Hall–Kier alpha value is -0.950. The van der Waals surface area contributed by atoms with Crippen molar-refractivity contribution in [1.82, 2.24) is 5.32 Å². The lowest BCUT2D eigenvalue weighted by atomic mass is 10.1. The van der Waals surface area contributed by atoms with Crippen LogP contribution in [0.25, 0.3) is 0 Å². The van der Waals surface area contributed by atoms with E-state index < -0.39 is 30.2 Å². The predicted octanol–water partition coefficient (Wildman–Crippen LogP) is 2.05. The summed E-state index contributed by atoms with van der Waals surface area (Å²) in [5.74, 6) is -6.58. The van der Waals surface area contributed by atoms with Crippen LogP contribution in [0.3, 0.4) is 0 Å². The van der Waals surface area contributed by atoms with E-state index in [0.717, 1.165) is 13.8 Å². The maximum Gasteiger partial charge on any atom is 0.455 e. The van der Waals surface area contributed by atoms with Gasteiger partial charge in [-0.15, -0.1) is 0 Å². The van der Waals surface area contributed by atoms with Crippen LogP contribution in [0.2, 0.25) is 0 Å². The minimum absolute atomic E-state index is 0.744. The van der Waals surface area contributed by atoms with Crippen LogP contribution in [0, 0.1) is 0 Å². The van der Waals surface area contributed by atoms with E-state index in [0.29, 0.717) is 0 Å². The van der Waals surface area contributed by atoms with Crippen LogP contribution in [0.15, 0.2) is 0 Å². The van der Waals surface area contributed by atoms with Crippen LogP contribution in [0.1, 0.15) is 13.8 Å². The normalized spacial score (nSPS) is 13.9. The Bertz CT molecular complexity index is 241. The molecule has 1 N–H and O–H groups in total. The Labute approximate surface area is 81.6 Å². The molecule has 0 unspecified atom stereocenters. The van der Waals surface area contributed by atoms with Gasteiger partial charge in [-0.3, -0.25) is 4.79 Å². The fourth-order valence-electron chi connectivity index (χ4n) is 0.502. The average Bonchev–Trinajstić information content (AvgIpc) is 1.96. The van der Waals surface area contributed by atoms with Gasteiger partial charge in [-0.2, -0.15) is 22.0 Å². The van der Waals surface area contributed by atoms with Gasteiger partial charge in [-0.05, 0) is 13.8 Å². The smallest absolute Gasteiger partial charge is 0.347 e. The molecule has 0 saturated heterocycles. The highest BCUT2D eigenvalue weighted by molar-refractivity contribution is 5.84. The molecule has 0 bridgehead atoms. The van der Waals surface area contributed by atoms with E-state index in [-0.39, 0.29) is 0 Å². The number of alkyl halides is 6. The zero-order valence-electron chi connectivity index (χ0n) is 7.88. The second-order valence-corrected chi connectivity index (χ2v) is 3.36. The summed E-state index contributed by atoms with van der Waals surface area (Å²) in [6.45, 7) is -0.481. The van der Waals surface area contributed by atoms with Gasteiger partial charge >= 0.3 is 12.1 Å². The third kappa shape index (κ3) is 3.96. The summed E-state index contributed by atoms with van der Waals surface area (Å²) < 4.78 is 71.9. The van der Waals surface area contributed by atoms with Crippen molar-refractivity contribution < 1.29 is 31.1 Å². The number of rotatable bonds is 3. The molecule has 0 aliphatic heterocycles. The molecule has 0 aromatic rings. The first-order valence-electron chi connectivity index (χ1n) is 3.80. The van der Waals surface area contributed by atoms with E-state index in [9.17, 15) is 31.1 Å². The van der Waals surface area contributed by atoms with Crippen molar-refractivity contribution in [2.45, 2.75) is 31.6 Å². The van der Waals surface area contributed by atoms with Gasteiger partial charge < -0.3 is 5.32 Å². The summed E-state index contributed by atoms with van der Waals surface area (Å²) in [6, 6.07) is 0. The summed E-state index contributed by atoms with van der Waals surface area (Å²) in [6.07, 6.45) is -5.76. The summed E-state index contributed by atoms with van der Waals surface area (Å²) >= 11 is 0.